The van der Waals surface area contributed by atoms with E-state index in [4.69, 9.17) is 9.47 Å². The Hall–Kier alpha value is -7.25. The van der Waals surface area contributed by atoms with E-state index in [1.807, 2.05) is 115 Å². The first-order valence-corrected chi connectivity index (χ1v) is 22.8. The minimum absolute atomic E-state index is 0.0274. The Morgan fingerprint density at radius 3 is 2.11 bits per heavy atom. The van der Waals surface area contributed by atoms with Crippen LogP contribution in [-0.4, -0.2) is 42.2 Å². The molecular formula is C53H46N4O6S2. The van der Waals surface area contributed by atoms with Gasteiger partial charge in [-0.1, -0.05) is 127 Å². The zero-order valence-electron chi connectivity index (χ0n) is 35.6. The highest BCUT2D eigenvalue weighted by atomic mass is 32.2. The first-order valence-electron chi connectivity index (χ1n) is 21.1. The molecule has 12 heteroatoms. The molecule has 10 nitrogen and oxygen atoms in total. The average molecular weight is 899 g/mol. The summed E-state index contributed by atoms with van der Waals surface area (Å²) in [7, 11) is 1.35. The third-order valence-corrected chi connectivity index (χ3v) is 13.0. The quantitative estimate of drug-likeness (QED) is 0.0497. The van der Waals surface area contributed by atoms with Gasteiger partial charge in [0, 0.05) is 40.7 Å². The summed E-state index contributed by atoms with van der Waals surface area (Å²) in [6.45, 7) is 2.60. The van der Waals surface area contributed by atoms with Gasteiger partial charge in [-0.2, -0.15) is 0 Å². The number of esters is 1. The van der Waals surface area contributed by atoms with Crippen molar-refractivity contribution < 1.29 is 28.7 Å². The van der Waals surface area contributed by atoms with Crippen LogP contribution in [0.2, 0.25) is 0 Å². The SMILES string of the molecule is COC(=O)c1c(NC(=O)C(Sc2cccc(NC(=O)/C(=C\c3ccc(OCc4ccccc4)cc3)NC(=O)c3ccccc3)c2)c2ccccc2)sc2c1CCN(Cc1ccccc1)C2. The minimum atomic E-state index is -0.735. The van der Waals surface area contributed by atoms with E-state index in [-0.39, 0.29) is 11.6 Å². The lowest BCUT2D eigenvalue weighted by Crippen LogP contribution is -2.30. The number of nitrogens with zero attached hydrogens (tertiary/aromatic N) is 1. The molecule has 3 amide bonds. The van der Waals surface area contributed by atoms with E-state index in [0.717, 1.165) is 34.7 Å². The summed E-state index contributed by atoms with van der Waals surface area (Å²) in [5.41, 5.74) is 5.86. The van der Waals surface area contributed by atoms with Crippen molar-refractivity contribution in [3.63, 3.8) is 0 Å². The summed E-state index contributed by atoms with van der Waals surface area (Å²) in [4.78, 5) is 59.2. The molecule has 1 atom stereocenters. The number of thiophene rings is 1. The number of hydrogen-bond acceptors (Lipinski definition) is 9. The Labute approximate surface area is 386 Å². The second-order valence-corrected chi connectivity index (χ2v) is 17.5. The second-order valence-electron chi connectivity index (χ2n) is 15.2. The largest absolute Gasteiger partial charge is 0.489 e. The number of benzene rings is 6. The molecule has 0 bridgehead atoms. The second kappa shape index (κ2) is 21.4. The number of amides is 3. The van der Waals surface area contributed by atoms with E-state index >= 15 is 0 Å². The molecule has 1 aromatic heterocycles. The molecule has 6 aromatic carbocycles. The van der Waals surface area contributed by atoms with Gasteiger partial charge in [0.2, 0.25) is 5.91 Å². The third-order valence-electron chi connectivity index (χ3n) is 10.7. The van der Waals surface area contributed by atoms with Crippen LogP contribution in [0, 0.1) is 0 Å². The maximum absolute atomic E-state index is 14.5. The number of rotatable bonds is 16. The van der Waals surface area contributed by atoms with E-state index in [0.29, 0.717) is 57.6 Å². The molecule has 0 fully saturated rings. The molecule has 0 saturated carbocycles. The van der Waals surface area contributed by atoms with Crippen LogP contribution in [0.25, 0.3) is 6.08 Å². The predicted octanol–water partition coefficient (Wildman–Crippen LogP) is 10.6. The van der Waals surface area contributed by atoms with Crippen LogP contribution in [0.4, 0.5) is 10.7 Å². The monoisotopic (exact) mass is 898 g/mol. The first-order chi connectivity index (χ1) is 31.8. The standard InChI is InChI=1S/C53H46N4O6S2/c1-62-53(61)47-44-29-30-57(33-37-15-6-2-7-16-37)34-46(44)65-52(47)56-51(60)48(39-19-10-4-11-20-39)64-43-24-14-23-41(32-43)54-50(59)45(55-49(58)40-21-12-5-13-22-40)31-36-25-27-42(28-26-36)63-35-38-17-8-3-9-18-38/h2-28,31-32,48H,29-30,33-35H2,1H3,(H,54,59)(H,55,58)(H,56,60)/b45-31+. The van der Waals surface area contributed by atoms with Crippen LogP contribution >= 0.6 is 23.1 Å². The topological polar surface area (TPSA) is 126 Å². The summed E-state index contributed by atoms with van der Waals surface area (Å²) >= 11 is 2.72. The van der Waals surface area contributed by atoms with Gasteiger partial charge in [0.25, 0.3) is 11.8 Å². The lowest BCUT2D eigenvalue weighted by Gasteiger charge is -2.27. The molecule has 65 heavy (non-hydrogen) atoms. The first kappa shape index (κ1) is 44.4. The molecule has 8 rings (SSSR count). The molecule has 0 saturated heterocycles. The third kappa shape index (κ3) is 11.7. The molecule has 1 unspecified atom stereocenters. The van der Waals surface area contributed by atoms with Gasteiger partial charge in [0.15, 0.2) is 0 Å². The molecule has 1 aliphatic rings. The highest BCUT2D eigenvalue weighted by Crippen LogP contribution is 2.41. The van der Waals surface area contributed by atoms with Gasteiger partial charge < -0.3 is 25.4 Å². The average Bonchev–Trinajstić information content (AvgIpc) is 3.70. The highest BCUT2D eigenvalue weighted by molar-refractivity contribution is 8.00. The molecule has 2 heterocycles. The van der Waals surface area contributed by atoms with Gasteiger partial charge in [-0.25, -0.2) is 4.79 Å². The zero-order valence-corrected chi connectivity index (χ0v) is 37.2. The van der Waals surface area contributed by atoms with Crippen LogP contribution in [0.3, 0.4) is 0 Å². The van der Waals surface area contributed by atoms with Crippen molar-refractivity contribution >= 4 is 63.6 Å². The summed E-state index contributed by atoms with van der Waals surface area (Å²) in [6, 6.07) is 52.6. The molecule has 1 aliphatic heterocycles. The number of anilines is 2. The van der Waals surface area contributed by atoms with Crippen LogP contribution in [0.1, 0.15) is 58.7 Å². The number of ether oxygens (including phenoxy) is 2. The number of hydrogen-bond donors (Lipinski definition) is 3. The molecule has 3 N–H and O–H groups in total. The number of thioether (sulfide) groups is 1. The van der Waals surface area contributed by atoms with Crippen molar-refractivity contribution in [2.24, 2.45) is 0 Å². The van der Waals surface area contributed by atoms with Crippen molar-refractivity contribution in [2.45, 2.75) is 36.3 Å². The Bertz CT molecular complexity index is 2780. The zero-order chi connectivity index (χ0) is 45.0. The molecule has 0 spiro atoms. The van der Waals surface area contributed by atoms with Crippen molar-refractivity contribution in [1.29, 1.82) is 0 Å². The maximum Gasteiger partial charge on any atom is 0.341 e. The van der Waals surface area contributed by atoms with Crippen LogP contribution in [0.5, 0.6) is 5.75 Å². The van der Waals surface area contributed by atoms with Crippen molar-refractivity contribution in [3.05, 3.63) is 219 Å². The molecular weight excluding hydrogens is 853 g/mol. The molecule has 0 radical (unpaired) electrons. The van der Waals surface area contributed by atoms with Gasteiger partial charge in [-0.05, 0) is 82.8 Å². The van der Waals surface area contributed by atoms with Crippen molar-refractivity contribution in [3.8, 4) is 5.75 Å². The predicted molar refractivity (Wildman–Crippen MR) is 258 cm³/mol. The fourth-order valence-electron chi connectivity index (χ4n) is 7.41. The Morgan fingerprint density at radius 1 is 0.754 bits per heavy atom. The molecule has 326 valence electrons. The Kier molecular flexibility index (Phi) is 14.6. The van der Waals surface area contributed by atoms with Gasteiger partial charge in [0.05, 0.1) is 12.7 Å². The van der Waals surface area contributed by atoms with Crippen LogP contribution < -0.4 is 20.7 Å². The van der Waals surface area contributed by atoms with E-state index < -0.39 is 23.0 Å². The molecule has 0 aliphatic carbocycles. The lowest BCUT2D eigenvalue weighted by molar-refractivity contribution is -0.116. The highest BCUT2D eigenvalue weighted by Gasteiger charge is 2.31. The summed E-state index contributed by atoms with van der Waals surface area (Å²) in [6.07, 6.45) is 2.26. The lowest BCUT2D eigenvalue weighted by atomic mass is 10.0. The summed E-state index contributed by atoms with van der Waals surface area (Å²) < 4.78 is 11.2. The number of methoxy groups -OCH3 is 1. The maximum atomic E-state index is 14.5. The number of nitrogens with one attached hydrogen (secondary N) is 3. The Balaban J connectivity index is 1.00. The fourth-order valence-corrected chi connectivity index (χ4v) is 9.77. The summed E-state index contributed by atoms with van der Waals surface area (Å²) in [5.74, 6) is -1.13. The minimum Gasteiger partial charge on any atom is -0.489 e. The van der Waals surface area contributed by atoms with Gasteiger partial charge in [-0.15, -0.1) is 23.1 Å². The van der Waals surface area contributed by atoms with Gasteiger partial charge in [0.1, 0.15) is 28.3 Å². The van der Waals surface area contributed by atoms with Gasteiger partial charge in [-0.3, -0.25) is 19.3 Å². The Morgan fingerprint density at radius 2 is 1.42 bits per heavy atom. The van der Waals surface area contributed by atoms with E-state index in [1.165, 1.54) is 35.8 Å². The van der Waals surface area contributed by atoms with E-state index in [2.05, 4.69) is 33.0 Å². The number of carbonyl (C=O) groups is 4. The van der Waals surface area contributed by atoms with E-state index in [9.17, 15) is 19.2 Å². The van der Waals surface area contributed by atoms with Crippen molar-refractivity contribution in [1.82, 2.24) is 10.2 Å². The molecule has 7 aromatic rings. The number of fused-ring (bicyclic) bond motifs is 1. The summed E-state index contributed by atoms with van der Waals surface area (Å²) in [5, 5.41) is 8.59. The smallest absolute Gasteiger partial charge is 0.341 e. The number of carbonyl (C=O) groups excluding carboxylic acids is 4. The van der Waals surface area contributed by atoms with Crippen molar-refractivity contribution in [2.75, 3.05) is 24.3 Å². The van der Waals surface area contributed by atoms with Gasteiger partial charge >= 0.3 is 5.97 Å². The van der Waals surface area contributed by atoms with Crippen LogP contribution in [-0.2, 0) is 40.4 Å². The fraction of sp³-hybridized carbons (Fsp3) is 0.132. The normalized spacial score (nSPS) is 12.9. The van der Waals surface area contributed by atoms with E-state index in [1.54, 1.807) is 48.5 Å². The van der Waals surface area contributed by atoms with Crippen LogP contribution in [0.15, 0.2) is 180 Å².